The SMILES string of the molecule is Cc1cc(NS(=O)(=O)c2cccc(C(N)=S)c2)ccn1. The number of hydrogen-bond acceptors (Lipinski definition) is 4. The van der Waals surface area contributed by atoms with Crippen molar-refractivity contribution in [1.82, 2.24) is 4.98 Å². The molecule has 0 saturated heterocycles. The number of nitrogens with zero attached hydrogens (tertiary/aromatic N) is 1. The summed E-state index contributed by atoms with van der Waals surface area (Å²) < 4.78 is 27.0. The minimum atomic E-state index is -3.68. The van der Waals surface area contributed by atoms with Crippen LogP contribution in [0, 0.1) is 6.92 Å². The van der Waals surface area contributed by atoms with Crippen molar-refractivity contribution in [3.63, 3.8) is 0 Å². The van der Waals surface area contributed by atoms with Crippen LogP contribution in [0.1, 0.15) is 11.3 Å². The molecule has 0 amide bonds. The Kier molecular flexibility index (Phi) is 4.01. The van der Waals surface area contributed by atoms with Gasteiger partial charge in [-0.1, -0.05) is 24.4 Å². The van der Waals surface area contributed by atoms with Crippen LogP contribution in [0.2, 0.25) is 0 Å². The maximum Gasteiger partial charge on any atom is 0.261 e. The number of anilines is 1. The lowest BCUT2D eigenvalue weighted by Gasteiger charge is -2.09. The summed E-state index contributed by atoms with van der Waals surface area (Å²) in [5.41, 5.74) is 7.20. The highest BCUT2D eigenvalue weighted by molar-refractivity contribution is 7.92. The molecule has 1 heterocycles. The van der Waals surface area contributed by atoms with E-state index in [0.717, 1.165) is 5.69 Å². The summed E-state index contributed by atoms with van der Waals surface area (Å²) in [6.07, 6.45) is 1.54. The first-order chi connectivity index (χ1) is 9.38. The van der Waals surface area contributed by atoms with Gasteiger partial charge in [-0.25, -0.2) is 8.42 Å². The van der Waals surface area contributed by atoms with Crippen molar-refractivity contribution in [1.29, 1.82) is 0 Å². The third kappa shape index (κ3) is 3.31. The number of nitrogens with one attached hydrogen (secondary N) is 1. The minimum Gasteiger partial charge on any atom is -0.389 e. The lowest BCUT2D eigenvalue weighted by atomic mass is 10.2. The van der Waals surface area contributed by atoms with E-state index in [2.05, 4.69) is 9.71 Å². The van der Waals surface area contributed by atoms with E-state index in [1.165, 1.54) is 12.1 Å². The fraction of sp³-hybridized carbons (Fsp3) is 0.0769. The fourth-order valence-corrected chi connectivity index (χ4v) is 2.86. The van der Waals surface area contributed by atoms with Crippen LogP contribution in [-0.2, 0) is 10.0 Å². The standard InChI is InChI=1S/C13H13N3O2S2/c1-9-7-11(5-6-15-9)16-20(17,18)12-4-2-3-10(8-12)13(14)19/h2-8H,1H3,(H2,14,19)(H,15,16). The summed E-state index contributed by atoms with van der Waals surface area (Å²) in [7, 11) is -3.68. The average molecular weight is 307 g/mol. The van der Waals surface area contributed by atoms with E-state index in [0.29, 0.717) is 11.3 Å². The molecular weight excluding hydrogens is 294 g/mol. The molecule has 7 heteroatoms. The van der Waals surface area contributed by atoms with Gasteiger partial charge in [-0.3, -0.25) is 9.71 Å². The largest absolute Gasteiger partial charge is 0.389 e. The average Bonchev–Trinajstić information content (AvgIpc) is 2.38. The van der Waals surface area contributed by atoms with E-state index in [4.69, 9.17) is 18.0 Å². The van der Waals surface area contributed by atoms with Crippen LogP contribution in [0.5, 0.6) is 0 Å². The zero-order chi connectivity index (χ0) is 14.8. The van der Waals surface area contributed by atoms with Crippen LogP contribution in [0.3, 0.4) is 0 Å². The second kappa shape index (κ2) is 5.56. The Hall–Kier alpha value is -1.99. The second-order valence-corrected chi connectivity index (χ2v) is 6.31. The number of aromatic nitrogens is 1. The molecule has 0 unspecified atom stereocenters. The molecule has 104 valence electrons. The first kappa shape index (κ1) is 14.4. The maximum absolute atomic E-state index is 12.3. The summed E-state index contributed by atoms with van der Waals surface area (Å²) in [6.45, 7) is 1.78. The van der Waals surface area contributed by atoms with Crippen molar-refractivity contribution < 1.29 is 8.42 Å². The predicted octanol–water partition coefficient (Wildman–Crippen LogP) is 1.83. The van der Waals surface area contributed by atoms with Gasteiger partial charge in [0.2, 0.25) is 0 Å². The van der Waals surface area contributed by atoms with Crippen LogP contribution in [0.4, 0.5) is 5.69 Å². The molecule has 2 rings (SSSR count). The molecule has 0 aliphatic heterocycles. The number of thiocarbonyl (C=S) groups is 1. The quantitative estimate of drug-likeness (QED) is 0.842. The van der Waals surface area contributed by atoms with E-state index in [1.54, 1.807) is 37.4 Å². The zero-order valence-electron chi connectivity index (χ0n) is 10.7. The topological polar surface area (TPSA) is 85.1 Å². The van der Waals surface area contributed by atoms with Gasteiger partial charge in [-0.15, -0.1) is 0 Å². The maximum atomic E-state index is 12.3. The molecule has 0 atom stereocenters. The molecule has 3 N–H and O–H groups in total. The molecule has 20 heavy (non-hydrogen) atoms. The molecule has 2 aromatic rings. The fourth-order valence-electron chi connectivity index (χ4n) is 1.64. The number of aryl methyl sites for hydroxylation is 1. The smallest absolute Gasteiger partial charge is 0.261 e. The molecule has 0 radical (unpaired) electrons. The second-order valence-electron chi connectivity index (χ2n) is 4.18. The number of rotatable bonds is 4. The van der Waals surface area contributed by atoms with Gasteiger partial charge < -0.3 is 5.73 Å². The van der Waals surface area contributed by atoms with Crippen molar-refractivity contribution >= 4 is 32.9 Å². The van der Waals surface area contributed by atoms with Crippen molar-refractivity contribution in [3.8, 4) is 0 Å². The van der Waals surface area contributed by atoms with E-state index in [-0.39, 0.29) is 9.88 Å². The normalized spacial score (nSPS) is 11.1. The van der Waals surface area contributed by atoms with Gasteiger partial charge in [0.25, 0.3) is 10.0 Å². The monoisotopic (exact) mass is 307 g/mol. The third-order valence-electron chi connectivity index (χ3n) is 2.58. The summed E-state index contributed by atoms with van der Waals surface area (Å²) in [5, 5.41) is 0. The van der Waals surface area contributed by atoms with Gasteiger partial charge in [0.05, 0.1) is 10.6 Å². The Labute approximate surface area is 122 Å². The summed E-state index contributed by atoms with van der Waals surface area (Å²) in [4.78, 5) is 4.27. The Bertz CT molecular complexity index is 758. The Morgan fingerprint density at radius 2 is 2.05 bits per heavy atom. The van der Waals surface area contributed by atoms with Crippen molar-refractivity contribution in [2.75, 3.05) is 4.72 Å². The van der Waals surface area contributed by atoms with E-state index in [9.17, 15) is 8.42 Å². The van der Waals surface area contributed by atoms with Crippen LogP contribution < -0.4 is 10.5 Å². The Morgan fingerprint density at radius 1 is 1.30 bits per heavy atom. The van der Waals surface area contributed by atoms with Gasteiger partial charge in [0.1, 0.15) is 4.99 Å². The molecule has 0 aliphatic rings. The van der Waals surface area contributed by atoms with E-state index in [1.807, 2.05) is 0 Å². The molecule has 5 nitrogen and oxygen atoms in total. The molecule has 0 spiro atoms. The van der Waals surface area contributed by atoms with Gasteiger partial charge in [0.15, 0.2) is 0 Å². The Balaban J connectivity index is 2.35. The molecule has 0 bridgehead atoms. The van der Waals surface area contributed by atoms with Crippen LogP contribution in [-0.4, -0.2) is 18.4 Å². The van der Waals surface area contributed by atoms with Crippen LogP contribution >= 0.6 is 12.2 Å². The van der Waals surface area contributed by atoms with Crippen LogP contribution in [0.25, 0.3) is 0 Å². The third-order valence-corrected chi connectivity index (χ3v) is 4.19. The highest BCUT2D eigenvalue weighted by Gasteiger charge is 2.15. The minimum absolute atomic E-state index is 0.109. The van der Waals surface area contributed by atoms with Crippen molar-refractivity contribution in [3.05, 3.63) is 53.9 Å². The summed E-state index contributed by atoms with van der Waals surface area (Å²) in [5.74, 6) is 0. The molecule has 1 aromatic heterocycles. The van der Waals surface area contributed by atoms with Gasteiger partial charge >= 0.3 is 0 Å². The first-order valence-electron chi connectivity index (χ1n) is 5.74. The molecule has 0 saturated carbocycles. The van der Waals surface area contributed by atoms with Gasteiger partial charge in [-0.2, -0.15) is 0 Å². The van der Waals surface area contributed by atoms with Crippen molar-refractivity contribution in [2.24, 2.45) is 5.73 Å². The van der Waals surface area contributed by atoms with Crippen molar-refractivity contribution in [2.45, 2.75) is 11.8 Å². The molecule has 1 aromatic carbocycles. The van der Waals surface area contributed by atoms with Gasteiger partial charge in [-0.05, 0) is 31.2 Å². The Morgan fingerprint density at radius 3 is 2.70 bits per heavy atom. The zero-order valence-corrected chi connectivity index (χ0v) is 12.3. The predicted molar refractivity (Wildman–Crippen MR) is 82.1 cm³/mol. The highest BCUT2D eigenvalue weighted by Crippen LogP contribution is 2.17. The first-order valence-corrected chi connectivity index (χ1v) is 7.63. The van der Waals surface area contributed by atoms with E-state index < -0.39 is 10.0 Å². The van der Waals surface area contributed by atoms with Gasteiger partial charge in [0, 0.05) is 17.5 Å². The summed E-state index contributed by atoms with van der Waals surface area (Å²) >= 11 is 4.85. The summed E-state index contributed by atoms with van der Waals surface area (Å²) in [6, 6.07) is 9.42. The molecule has 0 fully saturated rings. The number of pyridine rings is 1. The molecule has 0 aliphatic carbocycles. The van der Waals surface area contributed by atoms with E-state index >= 15 is 0 Å². The highest BCUT2D eigenvalue weighted by atomic mass is 32.2. The number of hydrogen-bond donors (Lipinski definition) is 2. The number of benzene rings is 1. The lowest BCUT2D eigenvalue weighted by Crippen LogP contribution is -2.15. The number of sulfonamides is 1. The number of nitrogens with two attached hydrogens (primary N) is 1. The molecular formula is C13H13N3O2S2. The van der Waals surface area contributed by atoms with Crippen LogP contribution in [0.15, 0.2) is 47.5 Å². The lowest BCUT2D eigenvalue weighted by molar-refractivity contribution is 0.601.